The maximum absolute atomic E-state index is 13.6. The highest BCUT2D eigenvalue weighted by Crippen LogP contribution is 2.16. The lowest BCUT2D eigenvalue weighted by Gasteiger charge is -2.09. The van der Waals surface area contributed by atoms with Crippen molar-refractivity contribution in [3.63, 3.8) is 0 Å². The Labute approximate surface area is 156 Å². The van der Waals surface area contributed by atoms with E-state index in [2.05, 4.69) is 15.6 Å². The van der Waals surface area contributed by atoms with Crippen molar-refractivity contribution < 1.29 is 13.6 Å². The van der Waals surface area contributed by atoms with Gasteiger partial charge in [0.1, 0.15) is 11.6 Å². The van der Waals surface area contributed by atoms with Crippen LogP contribution in [-0.4, -0.2) is 10.9 Å². The number of nitrogens with one attached hydrogen (secondary N) is 2. The fourth-order valence-corrected chi connectivity index (χ4v) is 2.58. The molecule has 0 unspecified atom stereocenters. The predicted molar refractivity (Wildman–Crippen MR) is 99.9 cm³/mol. The van der Waals surface area contributed by atoms with Gasteiger partial charge in [-0.25, -0.2) is 8.78 Å². The third kappa shape index (κ3) is 5.34. The van der Waals surface area contributed by atoms with Crippen LogP contribution in [0.1, 0.15) is 16.7 Å². The van der Waals surface area contributed by atoms with E-state index in [1.54, 1.807) is 24.5 Å². The van der Waals surface area contributed by atoms with Crippen molar-refractivity contribution in [2.24, 2.45) is 0 Å². The fraction of sp³-hybridized carbons (Fsp3) is 0.143. The molecule has 138 valence electrons. The molecule has 0 bridgehead atoms. The minimum Gasteiger partial charge on any atom is -0.381 e. The lowest BCUT2D eigenvalue weighted by Crippen LogP contribution is -2.24. The number of halogens is 2. The Morgan fingerprint density at radius 2 is 1.52 bits per heavy atom. The van der Waals surface area contributed by atoms with Crippen LogP contribution in [0.2, 0.25) is 0 Å². The molecular weight excluding hydrogens is 348 g/mol. The van der Waals surface area contributed by atoms with Crippen LogP contribution in [-0.2, 0) is 24.3 Å². The molecule has 1 amide bonds. The molecule has 27 heavy (non-hydrogen) atoms. The van der Waals surface area contributed by atoms with E-state index in [4.69, 9.17) is 0 Å². The molecule has 0 saturated carbocycles. The summed E-state index contributed by atoms with van der Waals surface area (Å²) in [6, 6.07) is 14.7. The number of hydrogen-bond acceptors (Lipinski definition) is 3. The summed E-state index contributed by atoms with van der Waals surface area (Å²) in [4.78, 5) is 16.0. The summed E-state index contributed by atoms with van der Waals surface area (Å²) in [5, 5.41) is 5.84. The number of carbonyl (C=O) groups is 1. The zero-order valence-corrected chi connectivity index (χ0v) is 14.6. The van der Waals surface area contributed by atoms with E-state index in [0.29, 0.717) is 6.54 Å². The van der Waals surface area contributed by atoms with Crippen molar-refractivity contribution in [2.45, 2.75) is 19.5 Å². The highest BCUT2D eigenvalue weighted by molar-refractivity contribution is 5.78. The molecule has 3 aromatic rings. The van der Waals surface area contributed by atoms with Crippen molar-refractivity contribution in [3.05, 3.63) is 95.3 Å². The van der Waals surface area contributed by atoms with E-state index in [9.17, 15) is 13.6 Å². The number of anilines is 1. The molecule has 0 aliphatic rings. The number of carbonyl (C=O) groups excluding carboxylic acids is 1. The number of benzene rings is 2. The summed E-state index contributed by atoms with van der Waals surface area (Å²) in [7, 11) is 0. The van der Waals surface area contributed by atoms with Crippen molar-refractivity contribution in [1.29, 1.82) is 0 Å². The van der Waals surface area contributed by atoms with Crippen LogP contribution < -0.4 is 10.6 Å². The number of rotatable bonds is 7. The number of aromatic nitrogens is 1. The molecule has 0 aliphatic heterocycles. The van der Waals surface area contributed by atoms with Crippen molar-refractivity contribution in [2.75, 3.05) is 5.32 Å². The monoisotopic (exact) mass is 367 g/mol. The van der Waals surface area contributed by atoms with Gasteiger partial charge in [-0.3, -0.25) is 9.78 Å². The van der Waals surface area contributed by atoms with E-state index in [0.717, 1.165) is 16.8 Å². The molecule has 0 fully saturated rings. The molecule has 4 nitrogen and oxygen atoms in total. The van der Waals surface area contributed by atoms with Crippen LogP contribution in [0.15, 0.2) is 67.0 Å². The molecule has 2 aromatic carbocycles. The summed E-state index contributed by atoms with van der Waals surface area (Å²) < 4.78 is 27.3. The first-order valence-corrected chi connectivity index (χ1v) is 8.53. The standard InChI is InChI=1S/C21H19F2N3O/c22-19-2-1-3-20(23)18(19)14-25-17-6-4-15(5-7-17)12-21(27)26-13-16-8-10-24-11-9-16/h1-11,25H,12-14H2,(H,26,27). The Morgan fingerprint density at radius 3 is 2.19 bits per heavy atom. The number of nitrogens with zero attached hydrogens (tertiary/aromatic N) is 1. The maximum atomic E-state index is 13.6. The van der Waals surface area contributed by atoms with Crippen LogP contribution in [0.25, 0.3) is 0 Å². The van der Waals surface area contributed by atoms with E-state index < -0.39 is 11.6 Å². The second-order valence-corrected chi connectivity index (χ2v) is 6.06. The molecule has 0 spiro atoms. The Kier molecular flexibility index (Phi) is 6.10. The molecule has 2 N–H and O–H groups in total. The molecule has 3 rings (SSSR count). The van der Waals surface area contributed by atoms with Crippen molar-refractivity contribution >= 4 is 11.6 Å². The lowest BCUT2D eigenvalue weighted by molar-refractivity contribution is -0.120. The first-order valence-electron chi connectivity index (χ1n) is 8.53. The first-order chi connectivity index (χ1) is 13.1. The zero-order chi connectivity index (χ0) is 19.1. The van der Waals surface area contributed by atoms with Crippen LogP contribution in [0.5, 0.6) is 0 Å². The molecule has 0 radical (unpaired) electrons. The van der Waals surface area contributed by atoms with Gasteiger partial charge in [0.2, 0.25) is 5.91 Å². The summed E-state index contributed by atoms with van der Waals surface area (Å²) in [5.41, 5.74) is 2.55. The first kappa shape index (κ1) is 18.5. The van der Waals surface area contributed by atoms with Gasteiger partial charge in [-0.05, 0) is 47.5 Å². The van der Waals surface area contributed by atoms with Gasteiger partial charge in [0.15, 0.2) is 0 Å². The predicted octanol–water partition coefficient (Wildman–Crippen LogP) is 3.83. The van der Waals surface area contributed by atoms with Crippen LogP contribution in [0, 0.1) is 11.6 Å². The highest BCUT2D eigenvalue weighted by atomic mass is 19.1. The maximum Gasteiger partial charge on any atom is 0.224 e. The van der Waals surface area contributed by atoms with Crippen molar-refractivity contribution in [3.8, 4) is 0 Å². The van der Waals surface area contributed by atoms with Gasteiger partial charge in [0, 0.05) is 36.7 Å². The van der Waals surface area contributed by atoms with E-state index in [-0.39, 0.29) is 24.4 Å². The fourth-order valence-electron chi connectivity index (χ4n) is 2.58. The van der Waals surface area contributed by atoms with Gasteiger partial charge in [0.25, 0.3) is 0 Å². The molecule has 1 aromatic heterocycles. The second kappa shape index (κ2) is 8.89. The minimum atomic E-state index is -0.579. The summed E-state index contributed by atoms with van der Waals surface area (Å²) in [6.45, 7) is 0.499. The van der Waals surface area contributed by atoms with Crippen LogP contribution >= 0.6 is 0 Å². The smallest absolute Gasteiger partial charge is 0.224 e. The topological polar surface area (TPSA) is 54.0 Å². The lowest BCUT2D eigenvalue weighted by atomic mass is 10.1. The normalized spacial score (nSPS) is 10.4. The largest absolute Gasteiger partial charge is 0.381 e. The minimum absolute atomic E-state index is 0.00272. The van der Waals surface area contributed by atoms with Gasteiger partial charge >= 0.3 is 0 Å². The molecule has 6 heteroatoms. The third-order valence-corrected chi connectivity index (χ3v) is 4.09. The number of pyridine rings is 1. The molecule has 0 atom stereocenters. The molecule has 0 saturated heterocycles. The SMILES string of the molecule is O=C(Cc1ccc(NCc2c(F)cccc2F)cc1)NCc1ccncc1. The van der Waals surface area contributed by atoms with Crippen molar-refractivity contribution in [1.82, 2.24) is 10.3 Å². The zero-order valence-electron chi connectivity index (χ0n) is 14.6. The Bertz CT molecular complexity index is 879. The number of amides is 1. The molecular formula is C21H19F2N3O. The Hall–Kier alpha value is -3.28. The summed E-state index contributed by atoms with van der Waals surface area (Å²) in [5.74, 6) is -1.24. The quantitative estimate of drug-likeness (QED) is 0.667. The summed E-state index contributed by atoms with van der Waals surface area (Å²) >= 11 is 0. The van der Waals surface area contributed by atoms with Crippen LogP contribution in [0.4, 0.5) is 14.5 Å². The average molecular weight is 367 g/mol. The summed E-state index contributed by atoms with van der Waals surface area (Å²) in [6.07, 6.45) is 3.62. The van der Waals surface area contributed by atoms with Gasteiger partial charge in [-0.1, -0.05) is 18.2 Å². The van der Waals surface area contributed by atoms with E-state index in [1.165, 1.54) is 18.2 Å². The van der Waals surface area contributed by atoms with E-state index in [1.807, 2.05) is 24.3 Å². The Morgan fingerprint density at radius 1 is 0.852 bits per heavy atom. The van der Waals surface area contributed by atoms with Gasteiger partial charge < -0.3 is 10.6 Å². The van der Waals surface area contributed by atoms with Gasteiger partial charge in [-0.15, -0.1) is 0 Å². The van der Waals surface area contributed by atoms with Crippen LogP contribution in [0.3, 0.4) is 0 Å². The highest BCUT2D eigenvalue weighted by Gasteiger charge is 2.08. The third-order valence-electron chi connectivity index (χ3n) is 4.09. The number of hydrogen-bond donors (Lipinski definition) is 2. The van der Waals surface area contributed by atoms with E-state index >= 15 is 0 Å². The average Bonchev–Trinajstić information content (AvgIpc) is 2.68. The van der Waals surface area contributed by atoms with Gasteiger partial charge in [0.05, 0.1) is 6.42 Å². The molecule has 0 aliphatic carbocycles. The van der Waals surface area contributed by atoms with Gasteiger partial charge in [-0.2, -0.15) is 0 Å². The Balaban J connectivity index is 1.50. The second-order valence-electron chi connectivity index (χ2n) is 6.06. The molecule has 1 heterocycles.